The zero-order valence-electron chi connectivity index (χ0n) is 19.0. The van der Waals surface area contributed by atoms with Crippen LogP contribution in [0.25, 0.3) is 0 Å². The minimum atomic E-state index is 0. The fourth-order valence-electron chi connectivity index (χ4n) is 4.32. The first-order valence-electron chi connectivity index (χ1n) is 11.4. The van der Waals surface area contributed by atoms with Gasteiger partial charge in [-0.1, -0.05) is 30.3 Å². The normalized spacial score (nSPS) is 21.1. The van der Waals surface area contributed by atoms with Crippen LogP contribution >= 0.6 is 24.0 Å². The number of guanidine groups is 1. The van der Waals surface area contributed by atoms with Crippen molar-refractivity contribution in [3.8, 4) is 0 Å². The van der Waals surface area contributed by atoms with E-state index in [1.165, 1.54) is 31.5 Å². The minimum absolute atomic E-state index is 0. The number of benzene rings is 1. The summed E-state index contributed by atoms with van der Waals surface area (Å²) in [5.41, 5.74) is 1.39. The lowest BCUT2D eigenvalue weighted by molar-refractivity contribution is 0.122. The summed E-state index contributed by atoms with van der Waals surface area (Å²) >= 11 is 0. The van der Waals surface area contributed by atoms with Gasteiger partial charge in [0, 0.05) is 45.3 Å². The molecule has 1 aromatic rings. The van der Waals surface area contributed by atoms with E-state index in [2.05, 4.69) is 76.6 Å². The van der Waals surface area contributed by atoms with Crippen LogP contribution in [0.2, 0.25) is 0 Å². The molecule has 2 aliphatic rings. The Morgan fingerprint density at radius 3 is 2.27 bits per heavy atom. The first-order valence-corrected chi connectivity index (χ1v) is 11.4. The Labute approximate surface area is 200 Å². The van der Waals surface area contributed by atoms with Gasteiger partial charge in [0.1, 0.15) is 0 Å². The number of hydrogen-bond donors (Lipinski definition) is 2. The fourth-order valence-corrected chi connectivity index (χ4v) is 4.32. The summed E-state index contributed by atoms with van der Waals surface area (Å²) in [6.45, 7) is 14.0. The van der Waals surface area contributed by atoms with E-state index >= 15 is 0 Å². The smallest absolute Gasteiger partial charge is 0.191 e. The van der Waals surface area contributed by atoms with Gasteiger partial charge >= 0.3 is 0 Å². The van der Waals surface area contributed by atoms with E-state index in [4.69, 9.17) is 4.99 Å². The predicted molar refractivity (Wildman–Crippen MR) is 138 cm³/mol. The van der Waals surface area contributed by atoms with Gasteiger partial charge in [0.25, 0.3) is 0 Å². The topological polar surface area (TPSA) is 46.1 Å². The third-order valence-electron chi connectivity index (χ3n) is 6.25. The summed E-state index contributed by atoms with van der Waals surface area (Å²) in [7, 11) is 2.21. The molecule has 2 heterocycles. The van der Waals surface area contributed by atoms with Gasteiger partial charge in [-0.15, -0.1) is 24.0 Å². The lowest BCUT2D eigenvalue weighted by Gasteiger charge is -2.36. The van der Waals surface area contributed by atoms with Gasteiger partial charge in [0.05, 0.1) is 12.6 Å². The summed E-state index contributed by atoms with van der Waals surface area (Å²) in [5, 5.41) is 7.07. The second-order valence-electron chi connectivity index (χ2n) is 8.46. The molecule has 2 atom stereocenters. The van der Waals surface area contributed by atoms with Gasteiger partial charge in [-0.2, -0.15) is 0 Å². The summed E-state index contributed by atoms with van der Waals surface area (Å²) in [6, 6.07) is 11.8. The maximum atomic E-state index is 4.92. The van der Waals surface area contributed by atoms with Crippen molar-refractivity contribution in [1.82, 2.24) is 25.3 Å². The largest absolute Gasteiger partial charge is 0.357 e. The molecule has 30 heavy (non-hydrogen) atoms. The van der Waals surface area contributed by atoms with E-state index in [1.54, 1.807) is 0 Å². The van der Waals surface area contributed by atoms with Crippen molar-refractivity contribution in [3.05, 3.63) is 35.9 Å². The van der Waals surface area contributed by atoms with Crippen molar-refractivity contribution in [3.63, 3.8) is 0 Å². The van der Waals surface area contributed by atoms with Crippen molar-refractivity contribution in [1.29, 1.82) is 0 Å². The number of halogens is 1. The first-order chi connectivity index (χ1) is 14.2. The van der Waals surface area contributed by atoms with Crippen molar-refractivity contribution >= 4 is 29.9 Å². The van der Waals surface area contributed by atoms with Gasteiger partial charge in [-0.3, -0.25) is 14.8 Å². The Bertz CT molecular complexity index is 611. The molecular formula is C23H41IN6. The van der Waals surface area contributed by atoms with Crippen LogP contribution in [0.1, 0.15) is 38.3 Å². The third-order valence-corrected chi connectivity index (χ3v) is 6.25. The fraction of sp³-hybridized carbons (Fsp3) is 0.696. The highest BCUT2D eigenvalue weighted by Gasteiger charge is 2.24. The Hall–Kier alpha value is -0.900. The standard InChI is InChI=1S/C23H40N6.HI/c1-4-24-23(25-18-20(2)28-16-14-27(3)15-17-28)26-19-22(29-12-8-9-13-29)21-10-6-5-7-11-21;/h5-7,10-11,20,22H,4,8-9,12-19H2,1-3H3,(H2,24,25,26);1H. The van der Waals surface area contributed by atoms with Crippen molar-refractivity contribution in [2.75, 3.05) is 66.0 Å². The molecule has 0 spiro atoms. The number of piperazine rings is 1. The number of likely N-dealkylation sites (tertiary alicyclic amines) is 1. The third kappa shape index (κ3) is 7.66. The zero-order chi connectivity index (χ0) is 20.5. The quantitative estimate of drug-likeness (QED) is 0.309. The summed E-state index contributed by atoms with van der Waals surface area (Å²) < 4.78 is 0. The second-order valence-corrected chi connectivity index (χ2v) is 8.46. The number of rotatable bonds is 8. The van der Waals surface area contributed by atoms with Crippen LogP contribution in [0.3, 0.4) is 0 Å². The van der Waals surface area contributed by atoms with E-state index in [-0.39, 0.29) is 24.0 Å². The number of nitrogens with one attached hydrogen (secondary N) is 2. The molecule has 6 nitrogen and oxygen atoms in total. The molecule has 3 rings (SSSR count). The highest BCUT2D eigenvalue weighted by Crippen LogP contribution is 2.24. The lowest BCUT2D eigenvalue weighted by atomic mass is 10.1. The monoisotopic (exact) mass is 528 g/mol. The van der Waals surface area contributed by atoms with Gasteiger partial charge in [-0.25, -0.2) is 0 Å². The van der Waals surface area contributed by atoms with Crippen LogP contribution in [-0.2, 0) is 0 Å². The average molecular weight is 529 g/mol. The van der Waals surface area contributed by atoms with E-state index in [0.717, 1.165) is 51.8 Å². The van der Waals surface area contributed by atoms with Gasteiger partial charge < -0.3 is 15.5 Å². The lowest BCUT2D eigenvalue weighted by Crippen LogP contribution is -2.49. The molecule has 7 heteroatoms. The molecule has 2 saturated heterocycles. The minimum Gasteiger partial charge on any atom is -0.357 e. The van der Waals surface area contributed by atoms with E-state index in [9.17, 15) is 0 Å². The van der Waals surface area contributed by atoms with Gasteiger partial charge in [0.15, 0.2) is 5.96 Å². The molecule has 0 saturated carbocycles. The summed E-state index contributed by atoms with van der Waals surface area (Å²) in [6.07, 6.45) is 2.61. The molecule has 170 valence electrons. The van der Waals surface area contributed by atoms with Crippen LogP contribution in [0.15, 0.2) is 35.3 Å². The molecule has 2 N–H and O–H groups in total. The van der Waals surface area contributed by atoms with Crippen molar-refractivity contribution in [2.24, 2.45) is 4.99 Å². The van der Waals surface area contributed by atoms with Crippen molar-refractivity contribution < 1.29 is 0 Å². The Balaban J connectivity index is 0.00000320. The molecule has 2 fully saturated rings. The summed E-state index contributed by atoms with van der Waals surface area (Å²) in [4.78, 5) is 12.5. The Kier molecular flexibility index (Phi) is 11.4. The Morgan fingerprint density at radius 1 is 0.967 bits per heavy atom. The van der Waals surface area contributed by atoms with Gasteiger partial charge in [0.2, 0.25) is 0 Å². The molecule has 2 unspecified atom stereocenters. The zero-order valence-corrected chi connectivity index (χ0v) is 21.3. The van der Waals surface area contributed by atoms with Crippen LogP contribution < -0.4 is 10.6 Å². The van der Waals surface area contributed by atoms with Crippen molar-refractivity contribution in [2.45, 2.75) is 38.8 Å². The number of likely N-dealkylation sites (N-methyl/N-ethyl adjacent to an activating group) is 1. The summed E-state index contributed by atoms with van der Waals surface area (Å²) in [5.74, 6) is 0.939. The second kappa shape index (κ2) is 13.5. The molecule has 0 amide bonds. The number of nitrogens with zero attached hydrogens (tertiary/aromatic N) is 4. The van der Waals surface area contributed by atoms with E-state index in [0.29, 0.717) is 12.1 Å². The molecule has 0 aliphatic carbocycles. The maximum Gasteiger partial charge on any atom is 0.191 e. The number of hydrogen-bond acceptors (Lipinski definition) is 4. The predicted octanol–water partition coefficient (Wildman–Crippen LogP) is 2.63. The Morgan fingerprint density at radius 2 is 1.63 bits per heavy atom. The van der Waals surface area contributed by atoms with Crippen LogP contribution in [0, 0.1) is 0 Å². The highest BCUT2D eigenvalue weighted by molar-refractivity contribution is 14.0. The van der Waals surface area contributed by atoms with Crippen LogP contribution in [-0.4, -0.2) is 92.7 Å². The highest BCUT2D eigenvalue weighted by atomic mass is 127. The molecule has 0 aromatic heterocycles. The van der Waals surface area contributed by atoms with Gasteiger partial charge in [-0.05, 0) is 52.4 Å². The first kappa shape index (κ1) is 25.4. The molecule has 0 radical (unpaired) electrons. The maximum absolute atomic E-state index is 4.92. The molecule has 2 aliphatic heterocycles. The molecule has 0 bridgehead atoms. The van der Waals surface area contributed by atoms with E-state index < -0.39 is 0 Å². The van der Waals surface area contributed by atoms with E-state index in [1.807, 2.05) is 0 Å². The number of aliphatic imine (C=N–C) groups is 1. The SMILES string of the molecule is CCNC(=NCC(C)N1CCN(C)CC1)NCC(c1ccccc1)N1CCCC1.I. The van der Waals surface area contributed by atoms with Crippen LogP contribution in [0.4, 0.5) is 0 Å². The molecular weight excluding hydrogens is 487 g/mol. The average Bonchev–Trinajstić information content (AvgIpc) is 3.27. The molecule has 1 aromatic carbocycles. The van der Waals surface area contributed by atoms with Crippen LogP contribution in [0.5, 0.6) is 0 Å².